The average molecular weight is 356 g/mol. The molecule has 0 bridgehead atoms. The summed E-state index contributed by atoms with van der Waals surface area (Å²) in [7, 11) is -2.65. The van der Waals surface area contributed by atoms with E-state index in [-0.39, 0.29) is 29.1 Å². The van der Waals surface area contributed by atoms with E-state index in [4.69, 9.17) is 0 Å². The van der Waals surface area contributed by atoms with E-state index in [0.717, 1.165) is 12.1 Å². The van der Waals surface area contributed by atoms with Crippen molar-refractivity contribution < 1.29 is 22.7 Å². The van der Waals surface area contributed by atoms with Crippen molar-refractivity contribution in [2.24, 2.45) is 0 Å². The maximum Gasteiger partial charge on any atom is 0.259 e. The van der Waals surface area contributed by atoms with E-state index >= 15 is 0 Å². The van der Waals surface area contributed by atoms with Gasteiger partial charge in [-0.05, 0) is 12.1 Å². The van der Waals surface area contributed by atoms with E-state index in [2.05, 4.69) is 15.9 Å². The molecule has 0 spiro atoms. The SMILES string of the molecule is O=C(c1c(F)cc(Br)cc1F)N1CCS(O)(O)CC1. The van der Waals surface area contributed by atoms with Gasteiger partial charge < -0.3 is 4.90 Å². The second-order valence-corrected chi connectivity index (χ2v) is 7.58. The number of hydrogen-bond acceptors (Lipinski definition) is 3. The number of carbonyl (C=O) groups is 1. The van der Waals surface area contributed by atoms with Crippen LogP contribution in [0, 0.1) is 11.6 Å². The molecule has 0 unspecified atom stereocenters. The summed E-state index contributed by atoms with van der Waals surface area (Å²) in [5.41, 5.74) is -0.610. The number of amides is 1. The van der Waals surface area contributed by atoms with Gasteiger partial charge in [0.2, 0.25) is 0 Å². The molecule has 4 nitrogen and oxygen atoms in total. The molecule has 0 saturated carbocycles. The highest BCUT2D eigenvalue weighted by Gasteiger charge is 2.29. The Morgan fingerprint density at radius 1 is 1.21 bits per heavy atom. The summed E-state index contributed by atoms with van der Waals surface area (Å²) < 4.78 is 46.4. The number of nitrogens with zero attached hydrogens (tertiary/aromatic N) is 1. The quantitative estimate of drug-likeness (QED) is 0.814. The fourth-order valence-corrected chi connectivity index (χ4v) is 3.47. The first-order chi connectivity index (χ1) is 8.80. The average Bonchev–Trinajstić information content (AvgIpc) is 2.27. The van der Waals surface area contributed by atoms with Crippen LogP contribution in [0.1, 0.15) is 10.4 Å². The summed E-state index contributed by atoms with van der Waals surface area (Å²) in [5.74, 6) is -2.56. The first-order valence-electron chi connectivity index (χ1n) is 5.47. The van der Waals surface area contributed by atoms with E-state index < -0.39 is 33.7 Å². The zero-order chi connectivity index (χ0) is 14.2. The van der Waals surface area contributed by atoms with Crippen molar-refractivity contribution in [3.63, 3.8) is 0 Å². The Kier molecular flexibility index (Phi) is 4.14. The van der Waals surface area contributed by atoms with Crippen LogP contribution in [0.5, 0.6) is 0 Å². The molecule has 0 aromatic heterocycles. The van der Waals surface area contributed by atoms with Crippen LogP contribution in [-0.4, -0.2) is 44.5 Å². The Balaban J connectivity index is 2.22. The van der Waals surface area contributed by atoms with Gasteiger partial charge >= 0.3 is 0 Å². The maximum atomic E-state index is 13.7. The molecule has 2 rings (SSSR count). The largest absolute Gasteiger partial charge is 0.335 e. The van der Waals surface area contributed by atoms with Crippen molar-refractivity contribution in [3.8, 4) is 0 Å². The van der Waals surface area contributed by atoms with Gasteiger partial charge in [-0.15, -0.1) is 0 Å². The van der Waals surface area contributed by atoms with E-state index in [0.29, 0.717) is 0 Å². The van der Waals surface area contributed by atoms with Crippen molar-refractivity contribution in [3.05, 3.63) is 33.8 Å². The fourth-order valence-electron chi connectivity index (χ4n) is 1.83. The predicted octanol–water partition coefficient (Wildman–Crippen LogP) is 2.93. The van der Waals surface area contributed by atoms with Gasteiger partial charge in [-0.2, -0.15) is 10.6 Å². The minimum absolute atomic E-state index is 0.0402. The molecule has 19 heavy (non-hydrogen) atoms. The summed E-state index contributed by atoms with van der Waals surface area (Å²) in [6, 6.07) is 2.04. The molecule has 1 amide bonds. The molecule has 0 atom stereocenters. The number of benzene rings is 1. The van der Waals surface area contributed by atoms with Crippen LogP contribution in [0.4, 0.5) is 8.78 Å². The lowest BCUT2D eigenvalue weighted by Gasteiger charge is -2.40. The standard InChI is InChI=1S/C11H12BrF2NO3S/c12-7-5-8(13)10(9(14)6-7)11(16)15-1-3-19(17,18)4-2-15/h5-6,17-18H,1-4H2. The van der Waals surface area contributed by atoms with Crippen LogP contribution >= 0.6 is 26.5 Å². The molecule has 0 radical (unpaired) electrons. The van der Waals surface area contributed by atoms with Gasteiger partial charge in [-0.1, -0.05) is 15.9 Å². The first kappa shape index (κ1) is 14.7. The van der Waals surface area contributed by atoms with E-state index in [9.17, 15) is 22.7 Å². The van der Waals surface area contributed by atoms with Crippen molar-refractivity contribution in [1.29, 1.82) is 0 Å². The molecule has 1 aliphatic rings. The Morgan fingerprint density at radius 2 is 1.68 bits per heavy atom. The van der Waals surface area contributed by atoms with Gasteiger partial charge in [0.1, 0.15) is 17.2 Å². The van der Waals surface area contributed by atoms with Crippen LogP contribution in [-0.2, 0) is 0 Å². The first-order valence-corrected chi connectivity index (χ1v) is 8.15. The normalized spacial score (nSPS) is 20.2. The third-order valence-corrected chi connectivity index (χ3v) is 5.01. The smallest absolute Gasteiger partial charge is 0.259 e. The molecule has 1 fully saturated rings. The predicted molar refractivity (Wildman–Crippen MR) is 72.5 cm³/mol. The lowest BCUT2D eigenvalue weighted by Crippen LogP contribution is -2.42. The highest BCUT2D eigenvalue weighted by atomic mass is 79.9. The molecule has 1 heterocycles. The molecular weight excluding hydrogens is 344 g/mol. The van der Waals surface area contributed by atoms with Gasteiger partial charge in [0.25, 0.3) is 5.91 Å². The highest BCUT2D eigenvalue weighted by molar-refractivity contribution is 9.10. The van der Waals surface area contributed by atoms with Crippen molar-refractivity contribution in [1.82, 2.24) is 4.90 Å². The number of halogens is 3. The molecule has 8 heteroatoms. The zero-order valence-corrected chi connectivity index (χ0v) is 12.2. The van der Waals surface area contributed by atoms with E-state index in [1.807, 2.05) is 0 Å². The van der Waals surface area contributed by atoms with Crippen LogP contribution in [0.2, 0.25) is 0 Å². The minimum atomic E-state index is -2.65. The molecule has 2 N–H and O–H groups in total. The Labute approximate surface area is 118 Å². The lowest BCUT2D eigenvalue weighted by molar-refractivity contribution is 0.0758. The third kappa shape index (κ3) is 3.25. The van der Waals surface area contributed by atoms with Crippen molar-refractivity contribution >= 4 is 32.4 Å². The molecular formula is C11H12BrF2NO3S. The summed E-state index contributed by atoms with van der Waals surface area (Å²) in [5, 5.41) is 0. The second-order valence-electron chi connectivity index (χ2n) is 4.25. The zero-order valence-electron chi connectivity index (χ0n) is 9.78. The van der Waals surface area contributed by atoms with Crippen LogP contribution in [0.15, 0.2) is 16.6 Å². The Morgan fingerprint density at radius 3 is 2.16 bits per heavy atom. The fraction of sp³-hybridized carbons (Fsp3) is 0.364. The van der Waals surface area contributed by atoms with Crippen LogP contribution in [0.25, 0.3) is 0 Å². The van der Waals surface area contributed by atoms with Crippen molar-refractivity contribution in [2.45, 2.75) is 0 Å². The molecule has 1 saturated heterocycles. The highest BCUT2D eigenvalue weighted by Crippen LogP contribution is 2.40. The summed E-state index contributed by atoms with van der Waals surface area (Å²) in [6.07, 6.45) is 0. The summed E-state index contributed by atoms with van der Waals surface area (Å²) >= 11 is 2.94. The number of hydrogen-bond donors (Lipinski definition) is 2. The van der Waals surface area contributed by atoms with E-state index in [1.54, 1.807) is 0 Å². The van der Waals surface area contributed by atoms with Gasteiger partial charge in [0.05, 0.1) is 11.5 Å². The van der Waals surface area contributed by atoms with Gasteiger partial charge in [0.15, 0.2) is 0 Å². The molecule has 106 valence electrons. The van der Waals surface area contributed by atoms with Crippen LogP contribution in [0.3, 0.4) is 0 Å². The molecule has 1 aromatic carbocycles. The van der Waals surface area contributed by atoms with E-state index in [1.165, 1.54) is 4.90 Å². The summed E-state index contributed by atoms with van der Waals surface area (Å²) in [6.45, 7) is 0.159. The molecule has 1 aromatic rings. The van der Waals surface area contributed by atoms with Crippen molar-refractivity contribution in [2.75, 3.05) is 24.6 Å². The lowest BCUT2D eigenvalue weighted by atomic mass is 10.1. The topological polar surface area (TPSA) is 60.8 Å². The Hall–Kier alpha value is -0.700. The monoisotopic (exact) mass is 355 g/mol. The van der Waals surface area contributed by atoms with Crippen LogP contribution < -0.4 is 0 Å². The Bertz CT molecular complexity index is 494. The summed E-state index contributed by atoms with van der Waals surface area (Å²) in [4.78, 5) is 13.3. The third-order valence-electron chi connectivity index (χ3n) is 2.88. The number of carbonyl (C=O) groups excluding carboxylic acids is 1. The van der Waals surface area contributed by atoms with Gasteiger partial charge in [0, 0.05) is 17.6 Å². The maximum absolute atomic E-state index is 13.7. The van der Waals surface area contributed by atoms with Gasteiger partial charge in [-0.3, -0.25) is 13.9 Å². The molecule has 1 aliphatic heterocycles. The second kappa shape index (κ2) is 5.35. The van der Waals surface area contributed by atoms with Gasteiger partial charge in [-0.25, -0.2) is 8.78 Å². The molecule has 0 aliphatic carbocycles. The minimum Gasteiger partial charge on any atom is -0.335 e. The number of rotatable bonds is 1.